The Balaban J connectivity index is 1.70. The number of hydrogen-bond donors (Lipinski definition) is 2. The number of nitrogens with zero attached hydrogens (tertiary/aromatic N) is 2. The van der Waals surface area contributed by atoms with Crippen LogP contribution < -0.4 is 10.6 Å². The van der Waals surface area contributed by atoms with Crippen LogP contribution in [0.2, 0.25) is 0 Å². The van der Waals surface area contributed by atoms with Crippen LogP contribution in [0.3, 0.4) is 0 Å². The van der Waals surface area contributed by atoms with Crippen LogP contribution in [0.1, 0.15) is 34.5 Å². The van der Waals surface area contributed by atoms with Gasteiger partial charge < -0.3 is 10.6 Å². The molecule has 1 aliphatic rings. The smallest absolute Gasteiger partial charge is 0.352 e. The minimum atomic E-state index is -4.42. The zero-order valence-corrected chi connectivity index (χ0v) is 14.4. The topological polar surface area (TPSA) is 59.0 Å². The summed E-state index contributed by atoms with van der Waals surface area (Å²) in [5, 5.41) is 10.2. The molecule has 0 radical (unpaired) electrons. The molecule has 0 bridgehead atoms. The quantitative estimate of drug-likeness (QED) is 0.855. The highest BCUT2D eigenvalue weighted by Gasteiger charge is 2.30. The van der Waals surface area contributed by atoms with Crippen LogP contribution >= 0.6 is 0 Å². The lowest BCUT2D eigenvalue weighted by Crippen LogP contribution is -2.26. The molecule has 26 heavy (non-hydrogen) atoms. The standard InChI is InChI=1S/C18H21F3N4O/c1-12-16(17(26)23-8-6-13-5-7-22-10-13)11-24-25(12)15-4-2-3-14(9-15)18(19,20)21/h2-4,9,11,13,22H,5-8,10H2,1H3,(H,23,26). The van der Waals surface area contributed by atoms with Crippen molar-refractivity contribution in [3.8, 4) is 5.69 Å². The van der Waals surface area contributed by atoms with Gasteiger partial charge >= 0.3 is 6.18 Å². The van der Waals surface area contributed by atoms with Gasteiger partial charge in [-0.15, -0.1) is 0 Å². The Hall–Kier alpha value is -2.35. The summed E-state index contributed by atoms with van der Waals surface area (Å²) in [6, 6.07) is 4.89. The van der Waals surface area contributed by atoms with E-state index in [4.69, 9.17) is 0 Å². The van der Waals surface area contributed by atoms with Gasteiger partial charge in [-0.2, -0.15) is 18.3 Å². The summed E-state index contributed by atoms with van der Waals surface area (Å²) in [4.78, 5) is 12.4. The van der Waals surface area contributed by atoms with E-state index >= 15 is 0 Å². The highest BCUT2D eigenvalue weighted by atomic mass is 19.4. The molecule has 2 N–H and O–H groups in total. The molecule has 140 valence electrons. The normalized spacial score (nSPS) is 17.5. The molecule has 2 heterocycles. The molecule has 8 heteroatoms. The molecule has 1 aromatic heterocycles. The zero-order chi connectivity index (χ0) is 18.7. The Kier molecular flexibility index (Phi) is 5.31. The first-order valence-electron chi connectivity index (χ1n) is 8.57. The van der Waals surface area contributed by atoms with Crippen LogP contribution in [0.4, 0.5) is 13.2 Å². The number of carbonyl (C=O) groups is 1. The van der Waals surface area contributed by atoms with E-state index < -0.39 is 11.7 Å². The second-order valence-corrected chi connectivity index (χ2v) is 6.51. The number of benzene rings is 1. The van der Waals surface area contributed by atoms with Crippen molar-refractivity contribution in [2.24, 2.45) is 5.92 Å². The SMILES string of the molecule is Cc1c(C(=O)NCCC2CCNC2)cnn1-c1cccc(C(F)(F)F)c1. The molecular formula is C18H21F3N4O. The Labute approximate surface area is 149 Å². The minimum Gasteiger partial charge on any atom is -0.352 e. The third kappa shape index (κ3) is 4.07. The fraction of sp³-hybridized carbons (Fsp3) is 0.444. The summed E-state index contributed by atoms with van der Waals surface area (Å²) in [7, 11) is 0. The van der Waals surface area contributed by atoms with Gasteiger partial charge in [0.1, 0.15) is 0 Å². The van der Waals surface area contributed by atoms with E-state index in [1.807, 2.05) is 0 Å². The van der Waals surface area contributed by atoms with Crippen molar-refractivity contribution >= 4 is 5.91 Å². The molecule has 0 aliphatic carbocycles. The highest BCUT2D eigenvalue weighted by molar-refractivity contribution is 5.95. The van der Waals surface area contributed by atoms with Crippen LogP contribution in [0.15, 0.2) is 30.5 Å². The molecule has 1 amide bonds. The van der Waals surface area contributed by atoms with E-state index in [2.05, 4.69) is 15.7 Å². The van der Waals surface area contributed by atoms with E-state index in [1.165, 1.54) is 23.0 Å². The number of aromatic nitrogens is 2. The average molecular weight is 366 g/mol. The first kappa shape index (κ1) is 18.4. The van der Waals surface area contributed by atoms with Crippen LogP contribution in [0.25, 0.3) is 5.69 Å². The fourth-order valence-electron chi connectivity index (χ4n) is 3.15. The lowest BCUT2D eigenvalue weighted by molar-refractivity contribution is -0.137. The molecule has 5 nitrogen and oxygen atoms in total. The van der Waals surface area contributed by atoms with Gasteiger partial charge in [-0.05, 0) is 57.0 Å². The molecule has 3 rings (SSSR count). The van der Waals surface area contributed by atoms with Crippen molar-refractivity contribution in [1.82, 2.24) is 20.4 Å². The number of amides is 1. The molecule has 1 unspecified atom stereocenters. The van der Waals surface area contributed by atoms with E-state index in [1.54, 1.807) is 6.92 Å². The van der Waals surface area contributed by atoms with Gasteiger partial charge in [0.15, 0.2) is 0 Å². The third-order valence-electron chi connectivity index (χ3n) is 4.67. The second kappa shape index (κ2) is 7.49. The van der Waals surface area contributed by atoms with E-state index in [0.717, 1.165) is 38.1 Å². The summed E-state index contributed by atoms with van der Waals surface area (Å²) in [6.07, 6.45) is -1.02. The maximum atomic E-state index is 12.9. The van der Waals surface area contributed by atoms with Crippen molar-refractivity contribution in [1.29, 1.82) is 0 Å². The van der Waals surface area contributed by atoms with Crippen LogP contribution in [-0.2, 0) is 6.18 Å². The summed E-state index contributed by atoms with van der Waals surface area (Å²) in [5.74, 6) is 0.316. The molecule has 2 aromatic rings. The number of halogens is 3. The van der Waals surface area contributed by atoms with Gasteiger partial charge in [0.25, 0.3) is 5.91 Å². The van der Waals surface area contributed by atoms with Crippen molar-refractivity contribution in [3.63, 3.8) is 0 Å². The van der Waals surface area contributed by atoms with E-state index in [9.17, 15) is 18.0 Å². The summed E-state index contributed by atoms with van der Waals surface area (Å²) in [6.45, 7) is 4.23. The number of hydrogen-bond acceptors (Lipinski definition) is 3. The first-order valence-corrected chi connectivity index (χ1v) is 8.57. The van der Waals surface area contributed by atoms with Crippen molar-refractivity contribution in [2.75, 3.05) is 19.6 Å². The first-order chi connectivity index (χ1) is 12.4. The molecule has 1 aromatic carbocycles. The number of carbonyl (C=O) groups excluding carboxylic acids is 1. The number of rotatable bonds is 5. The summed E-state index contributed by atoms with van der Waals surface area (Å²) in [5.41, 5.74) is 0.394. The Morgan fingerprint density at radius 2 is 2.23 bits per heavy atom. The fourth-order valence-corrected chi connectivity index (χ4v) is 3.15. The number of nitrogens with one attached hydrogen (secondary N) is 2. The lowest BCUT2D eigenvalue weighted by atomic mass is 10.1. The van der Waals surface area contributed by atoms with Crippen LogP contribution in [-0.4, -0.2) is 35.3 Å². The van der Waals surface area contributed by atoms with E-state index in [-0.39, 0.29) is 11.6 Å². The second-order valence-electron chi connectivity index (χ2n) is 6.51. The molecule has 1 fully saturated rings. The number of alkyl halides is 3. The van der Waals surface area contributed by atoms with Gasteiger partial charge in [-0.3, -0.25) is 4.79 Å². The van der Waals surface area contributed by atoms with Gasteiger partial charge in [0, 0.05) is 6.54 Å². The van der Waals surface area contributed by atoms with E-state index in [0.29, 0.717) is 23.7 Å². The van der Waals surface area contributed by atoms with Crippen LogP contribution in [0.5, 0.6) is 0 Å². The summed E-state index contributed by atoms with van der Waals surface area (Å²) < 4.78 is 40.0. The Morgan fingerprint density at radius 1 is 1.42 bits per heavy atom. The molecule has 1 aliphatic heterocycles. The average Bonchev–Trinajstić information content (AvgIpc) is 3.24. The third-order valence-corrected chi connectivity index (χ3v) is 4.67. The monoisotopic (exact) mass is 366 g/mol. The van der Waals surface area contributed by atoms with Gasteiger partial charge in [-0.1, -0.05) is 6.07 Å². The van der Waals surface area contributed by atoms with Crippen molar-refractivity contribution in [2.45, 2.75) is 25.9 Å². The van der Waals surface area contributed by atoms with Gasteiger partial charge in [-0.25, -0.2) is 4.68 Å². The predicted molar refractivity (Wildman–Crippen MR) is 91.2 cm³/mol. The summed E-state index contributed by atoms with van der Waals surface area (Å²) >= 11 is 0. The molecule has 0 spiro atoms. The molecule has 1 atom stereocenters. The van der Waals surface area contributed by atoms with Gasteiger partial charge in [0.2, 0.25) is 0 Å². The molecular weight excluding hydrogens is 345 g/mol. The highest BCUT2D eigenvalue weighted by Crippen LogP contribution is 2.30. The van der Waals surface area contributed by atoms with Crippen molar-refractivity contribution in [3.05, 3.63) is 47.3 Å². The van der Waals surface area contributed by atoms with Crippen molar-refractivity contribution < 1.29 is 18.0 Å². The molecule has 0 saturated carbocycles. The largest absolute Gasteiger partial charge is 0.416 e. The lowest BCUT2D eigenvalue weighted by Gasteiger charge is -2.11. The maximum Gasteiger partial charge on any atom is 0.416 e. The Morgan fingerprint density at radius 3 is 2.92 bits per heavy atom. The molecule has 1 saturated heterocycles. The zero-order valence-electron chi connectivity index (χ0n) is 14.4. The Bertz CT molecular complexity index is 779. The maximum absolute atomic E-state index is 12.9. The van der Waals surface area contributed by atoms with Gasteiger partial charge in [0.05, 0.1) is 28.7 Å². The predicted octanol–water partition coefficient (Wildman–Crippen LogP) is 2.93. The van der Waals surface area contributed by atoms with Crippen LogP contribution in [0, 0.1) is 12.8 Å². The minimum absolute atomic E-state index is 0.258.